The van der Waals surface area contributed by atoms with E-state index in [1.807, 2.05) is 107 Å². The Hall–Kier alpha value is -0.930. The van der Waals surface area contributed by atoms with E-state index in [2.05, 4.69) is 4.99 Å². The fourth-order valence-corrected chi connectivity index (χ4v) is 1.21. The Kier molecular flexibility index (Phi) is 56.6. The Bertz CT molecular complexity index is 259. The zero-order valence-electron chi connectivity index (χ0n) is 15.6. The normalized spacial score (nSPS) is 10.9. The second-order valence-corrected chi connectivity index (χ2v) is 4.88. The predicted molar refractivity (Wildman–Crippen MR) is 116 cm³/mol. The van der Waals surface area contributed by atoms with E-state index < -0.39 is 0 Å². The van der Waals surface area contributed by atoms with Crippen molar-refractivity contribution in [1.82, 2.24) is 0 Å². The van der Waals surface area contributed by atoms with E-state index in [9.17, 15) is 0 Å². The van der Waals surface area contributed by atoms with Crippen LogP contribution in [0.15, 0.2) is 64.4 Å². The van der Waals surface area contributed by atoms with Gasteiger partial charge in [0.05, 0.1) is 0 Å². The SMILES string of the molecule is C/C=C\C=C/C.C/C=C\C=NC.C/C=C\SC.C/C=C\SC. The minimum atomic E-state index is 1.72. The molecule has 0 saturated carbocycles. The molecule has 3 heteroatoms. The van der Waals surface area contributed by atoms with E-state index in [0.717, 1.165) is 0 Å². The number of hydrogen-bond acceptors (Lipinski definition) is 3. The molecule has 0 unspecified atom stereocenters. The third kappa shape index (κ3) is 75.7. The van der Waals surface area contributed by atoms with Crippen molar-refractivity contribution in [3.8, 4) is 0 Å². The van der Waals surface area contributed by atoms with Gasteiger partial charge in [-0.25, -0.2) is 0 Å². The number of hydrogen-bond donors (Lipinski definition) is 0. The van der Waals surface area contributed by atoms with Crippen LogP contribution >= 0.6 is 23.5 Å². The monoisotopic (exact) mass is 341 g/mol. The molecule has 0 aliphatic carbocycles. The summed E-state index contributed by atoms with van der Waals surface area (Å²) in [6, 6.07) is 0. The van der Waals surface area contributed by atoms with E-state index in [0.29, 0.717) is 0 Å². The van der Waals surface area contributed by atoms with Gasteiger partial charge in [-0.1, -0.05) is 42.5 Å². The first-order chi connectivity index (χ1) is 10.7. The maximum atomic E-state index is 3.71. The smallest absolute Gasteiger partial charge is 0.0277 e. The van der Waals surface area contributed by atoms with Crippen molar-refractivity contribution in [2.75, 3.05) is 19.6 Å². The van der Waals surface area contributed by atoms with Crippen LogP contribution in [0.25, 0.3) is 0 Å². The Morgan fingerprint density at radius 3 is 1.05 bits per heavy atom. The van der Waals surface area contributed by atoms with Gasteiger partial charge < -0.3 is 0 Å². The second-order valence-electron chi connectivity index (χ2n) is 3.39. The lowest BCUT2D eigenvalue weighted by Crippen LogP contribution is -1.56. The number of thioether (sulfide) groups is 2. The van der Waals surface area contributed by atoms with Gasteiger partial charge in [-0.2, -0.15) is 0 Å². The molecule has 0 amide bonds. The van der Waals surface area contributed by atoms with Crippen LogP contribution in [0.4, 0.5) is 0 Å². The summed E-state index contributed by atoms with van der Waals surface area (Å²) in [4.78, 5) is 3.71. The van der Waals surface area contributed by atoms with Gasteiger partial charge in [0.25, 0.3) is 0 Å². The average molecular weight is 342 g/mol. The van der Waals surface area contributed by atoms with E-state index in [4.69, 9.17) is 0 Å². The van der Waals surface area contributed by atoms with Crippen LogP contribution in [-0.4, -0.2) is 25.8 Å². The van der Waals surface area contributed by atoms with Crippen LogP contribution in [0.2, 0.25) is 0 Å². The quantitative estimate of drug-likeness (QED) is 0.397. The molecule has 0 aliphatic rings. The molecule has 0 heterocycles. The molecule has 0 atom stereocenters. The summed E-state index contributed by atoms with van der Waals surface area (Å²) >= 11 is 3.44. The average Bonchev–Trinajstić information content (AvgIpc) is 2.54. The Balaban J connectivity index is -0.0000000986. The van der Waals surface area contributed by atoms with Crippen molar-refractivity contribution in [1.29, 1.82) is 0 Å². The summed E-state index contributed by atoms with van der Waals surface area (Å²) in [6.07, 6.45) is 21.7. The molecular weight excluding hydrogens is 306 g/mol. The molecule has 0 aromatic rings. The molecule has 0 radical (unpaired) electrons. The highest BCUT2D eigenvalue weighted by atomic mass is 32.2. The third-order valence-corrected chi connectivity index (χ3v) is 2.56. The first-order valence-electron chi connectivity index (χ1n) is 7.21. The molecule has 1 nitrogen and oxygen atoms in total. The van der Waals surface area contributed by atoms with Gasteiger partial charge in [0, 0.05) is 13.3 Å². The maximum absolute atomic E-state index is 3.71. The fourth-order valence-electron chi connectivity index (χ4n) is 0.667. The number of rotatable bonds is 4. The van der Waals surface area contributed by atoms with E-state index in [1.165, 1.54) is 0 Å². The molecular formula is C19H35NS2. The summed E-state index contributed by atoms with van der Waals surface area (Å²) in [5.41, 5.74) is 0. The highest BCUT2D eigenvalue weighted by Crippen LogP contribution is 1.90. The van der Waals surface area contributed by atoms with Gasteiger partial charge in [0.15, 0.2) is 0 Å². The molecule has 0 bridgehead atoms. The molecule has 0 rings (SSSR count). The number of nitrogens with zero attached hydrogens (tertiary/aromatic N) is 1. The lowest BCUT2D eigenvalue weighted by molar-refractivity contribution is 1.47. The Morgan fingerprint density at radius 2 is 0.955 bits per heavy atom. The van der Waals surface area contributed by atoms with Gasteiger partial charge in [0.1, 0.15) is 0 Å². The Labute approximate surface area is 148 Å². The number of aliphatic imine (C=N–C) groups is 1. The highest BCUT2D eigenvalue weighted by molar-refractivity contribution is 8.01. The fraction of sp³-hybridized carbons (Fsp3) is 0.421. The van der Waals surface area contributed by atoms with Crippen LogP contribution in [0.5, 0.6) is 0 Å². The summed E-state index contributed by atoms with van der Waals surface area (Å²) < 4.78 is 0. The zero-order chi connectivity index (χ0) is 17.9. The third-order valence-electron chi connectivity index (χ3n) is 1.47. The molecule has 22 heavy (non-hydrogen) atoms. The van der Waals surface area contributed by atoms with Gasteiger partial charge in [-0.15, -0.1) is 23.5 Å². The molecule has 0 aromatic heterocycles. The van der Waals surface area contributed by atoms with Crippen LogP contribution in [0.1, 0.15) is 34.6 Å². The van der Waals surface area contributed by atoms with E-state index in [-0.39, 0.29) is 0 Å². The molecule has 0 aliphatic heterocycles. The summed E-state index contributed by atoms with van der Waals surface area (Å²) in [6.45, 7) is 9.98. The second kappa shape index (κ2) is 42.7. The molecule has 0 aromatic carbocycles. The predicted octanol–water partition coefficient (Wildman–Crippen LogP) is 7.17. The summed E-state index contributed by atoms with van der Waals surface area (Å²) in [7, 11) is 1.75. The topological polar surface area (TPSA) is 12.4 Å². The highest BCUT2D eigenvalue weighted by Gasteiger charge is 1.52. The minimum Gasteiger partial charge on any atom is -0.297 e. The van der Waals surface area contributed by atoms with Crippen molar-refractivity contribution in [3.63, 3.8) is 0 Å². The molecule has 0 N–H and O–H groups in total. The molecule has 128 valence electrons. The maximum Gasteiger partial charge on any atom is 0.0277 e. The molecule has 0 spiro atoms. The van der Waals surface area contributed by atoms with Crippen molar-refractivity contribution < 1.29 is 0 Å². The van der Waals surface area contributed by atoms with Crippen LogP contribution in [0, 0.1) is 0 Å². The standard InChI is InChI=1S/C6H10.C5H9N.2C4H8S/c1-3-5-6-4-2;1-3-4-5-6-2;2*1-3-4-5-2/h3-6H,1-2H3;3-5H,1-2H3;2*3-4H,1-2H3/b5-3-,6-4-;4-3-,6-5?;2*4-3-. The van der Waals surface area contributed by atoms with Gasteiger partial charge in [0.2, 0.25) is 0 Å². The number of allylic oxidation sites excluding steroid dienone is 8. The first-order valence-corrected chi connectivity index (χ1v) is 9.79. The van der Waals surface area contributed by atoms with E-state index >= 15 is 0 Å². The summed E-state index contributed by atoms with van der Waals surface area (Å²) in [5, 5.41) is 4.08. The minimum absolute atomic E-state index is 1.72. The van der Waals surface area contributed by atoms with Crippen molar-refractivity contribution >= 4 is 29.7 Å². The van der Waals surface area contributed by atoms with Crippen molar-refractivity contribution in [2.45, 2.75) is 34.6 Å². The molecule has 0 fully saturated rings. The largest absolute Gasteiger partial charge is 0.297 e. The van der Waals surface area contributed by atoms with Crippen LogP contribution in [0.3, 0.4) is 0 Å². The van der Waals surface area contributed by atoms with E-state index in [1.54, 1.807) is 36.8 Å². The first kappa shape index (κ1) is 29.1. The zero-order valence-corrected chi connectivity index (χ0v) is 17.2. The van der Waals surface area contributed by atoms with Crippen LogP contribution in [-0.2, 0) is 0 Å². The molecule has 0 saturated heterocycles. The lowest BCUT2D eigenvalue weighted by Gasteiger charge is -1.66. The van der Waals surface area contributed by atoms with Gasteiger partial charge in [-0.3, -0.25) is 4.99 Å². The van der Waals surface area contributed by atoms with Crippen molar-refractivity contribution in [2.24, 2.45) is 4.99 Å². The Morgan fingerprint density at radius 1 is 0.591 bits per heavy atom. The van der Waals surface area contributed by atoms with Crippen LogP contribution < -0.4 is 0 Å². The lowest BCUT2D eigenvalue weighted by atomic mass is 10.5. The van der Waals surface area contributed by atoms with Crippen molar-refractivity contribution in [3.05, 3.63) is 59.4 Å². The summed E-state index contributed by atoms with van der Waals surface area (Å²) in [5.74, 6) is 0. The van der Waals surface area contributed by atoms with Gasteiger partial charge >= 0.3 is 0 Å². The van der Waals surface area contributed by atoms with Gasteiger partial charge in [-0.05, 0) is 64.0 Å².